The molecule has 140 valence electrons. The van der Waals surface area contributed by atoms with Gasteiger partial charge in [0, 0.05) is 42.7 Å². The summed E-state index contributed by atoms with van der Waals surface area (Å²) in [6.07, 6.45) is 6.84. The van der Waals surface area contributed by atoms with Gasteiger partial charge in [-0.1, -0.05) is 0 Å². The second-order valence-corrected chi connectivity index (χ2v) is 6.38. The van der Waals surface area contributed by atoms with E-state index >= 15 is 0 Å². The first kappa shape index (κ1) is 17.9. The highest BCUT2D eigenvalue weighted by atomic mass is 16.5. The van der Waals surface area contributed by atoms with Crippen molar-refractivity contribution in [3.05, 3.63) is 60.6 Å². The van der Waals surface area contributed by atoms with Crippen LogP contribution in [0.25, 0.3) is 11.3 Å². The van der Waals surface area contributed by atoms with Gasteiger partial charge in [-0.05, 0) is 36.4 Å². The molecule has 2 aromatic heterocycles. The third-order valence-corrected chi connectivity index (χ3v) is 4.45. The lowest BCUT2D eigenvalue weighted by molar-refractivity contribution is 0.0254. The molecular weight excluding hydrogens is 354 g/mol. The summed E-state index contributed by atoms with van der Waals surface area (Å²) in [6, 6.07) is 13.3. The molecule has 7 heteroatoms. The van der Waals surface area contributed by atoms with Gasteiger partial charge in [0.25, 0.3) is 0 Å². The minimum Gasteiger partial charge on any atom is -0.489 e. The number of nitriles is 1. The molecule has 3 heterocycles. The number of rotatable bonds is 5. The van der Waals surface area contributed by atoms with Crippen LogP contribution in [0, 0.1) is 11.3 Å². The van der Waals surface area contributed by atoms with Crippen molar-refractivity contribution in [2.75, 3.05) is 18.5 Å². The first-order valence-electron chi connectivity index (χ1n) is 9.11. The number of ether oxygens (including phenoxy) is 2. The SMILES string of the molecule is N#Cc1cc(-c2ccnc(Nc3ccncc3)n2)ccc1OC1CCOCC1. The molecule has 0 saturated carbocycles. The summed E-state index contributed by atoms with van der Waals surface area (Å²) in [7, 11) is 0. The topological polar surface area (TPSA) is 93.0 Å². The zero-order chi connectivity index (χ0) is 19.2. The summed E-state index contributed by atoms with van der Waals surface area (Å²) in [5, 5.41) is 12.7. The van der Waals surface area contributed by atoms with E-state index < -0.39 is 0 Å². The van der Waals surface area contributed by atoms with E-state index in [4.69, 9.17) is 9.47 Å². The number of nitrogens with zero attached hydrogens (tertiary/aromatic N) is 4. The summed E-state index contributed by atoms with van der Waals surface area (Å²) >= 11 is 0. The molecule has 0 amide bonds. The fourth-order valence-electron chi connectivity index (χ4n) is 3.00. The maximum atomic E-state index is 9.56. The summed E-state index contributed by atoms with van der Waals surface area (Å²) < 4.78 is 11.4. The number of pyridine rings is 1. The first-order chi connectivity index (χ1) is 13.8. The number of hydrogen-bond acceptors (Lipinski definition) is 7. The maximum absolute atomic E-state index is 9.56. The Morgan fingerprint density at radius 3 is 2.68 bits per heavy atom. The Morgan fingerprint density at radius 1 is 1.07 bits per heavy atom. The number of benzene rings is 1. The molecule has 1 aliphatic rings. The molecule has 28 heavy (non-hydrogen) atoms. The van der Waals surface area contributed by atoms with Crippen LogP contribution in [-0.2, 0) is 4.74 Å². The molecule has 7 nitrogen and oxygen atoms in total. The molecule has 3 aromatic rings. The third kappa shape index (κ3) is 4.24. The standard InChI is InChI=1S/C21H19N5O2/c22-14-16-13-15(1-2-20(16)28-18-6-11-27-12-7-18)19-5-10-24-21(26-19)25-17-3-8-23-9-4-17/h1-5,8-10,13,18H,6-7,11-12H2,(H,23,24,25,26). The third-order valence-electron chi connectivity index (χ3n) is 4.45. The average molecular weight is 373 g/mol. The number of nitrogens with one attached hydrogen (secondary N) is 1. The van der Waals surface area contributed by atoms with E-state index in [2.05, 4.69) is 26.3 Å². The van der Waals surface area contributed by atoms with Gasteiger partial charge >= 0.3 is 0 Å². The molecule has 1 saturated heterocycles. The van der Waals surface area contributed by atoms with Gasteiger partial charge in [-0.15, -0.1) is 0 Å². The lowest BCUT2D eigenvalue weighted by Gasteiger charge is -2.23. The quantitative estimate of drug-likeness (QED) is 0.728. The van der Waals surface area contributed by atoms with E-state index in [1.807, 2.05) is 30.3 Å². The zero-order valence-corrected chi connectivity index (χ0v) is 15.2. The van der Waals surface area contributed by atoms with Crippen molar-refractivity contribution < 1.29 is 9.47 Å². The van der Waals surface area contributed by atoms with Crippen molar-refractivity contribution in [1.82, 2.24) is 15.0 Å². The Bertz CT molecular complexity index is 982. The summed E-state index contributed by atoms with van der Waals surface area (Å²) in [5.41, 5.74) is 2.90. The minimum atomic E-state index is 0.0851. The molecule has 0 unspecified atom stereocenters. The number of aromatic nitrogens is 3. The predicted octanol–water partition coefficient (Wildman–Crippen LogP) is 3.71. The van der Waals surface area contributed by atoms with Crippen LogP contribution in [0.5, 0.6) is 5.75 Å². The van der Waals surface area contributed by atoms with Gasteiger partial charge in [-0.25, -0.2) is 9.97 Å². The molecule has 1 aliphatic heterocycles. The molecule has 0 aliphatic carbocycles. The molecular formula is C21H19N5O2. The maximum Gasteiger partial charge on any atom is 0.227 e. The molecule has 4 rings (SSSR count). The van der Waals surface area contributed by atoms with Gasteiger partial charge in [0.1, 0.15) is 17.9 Å². The Balaban J connectivity index is 1.55. The van der Waals surface area contributed by atoms with Crippen molar-refractivity contribution in [1.29, 1.82) is 5.26 Å². The molecule has 0 radical (unpaired) electrons. The van der Waals surface area contributed by atoms with Crippen molar-refractivity contribution in [2.45, 2.75) is 18.9 Å². The smallest absolute Gasteiger partial charge is 0.227 e. The van der Waals surface area contributed by atoms with Gasteiger partial charge in [0.2, 0.25) is 5.95 Å². The number of anilines is 2. The van der Waals surface area contributed by atoms with Crippen LogP contribution in [0.2, 0.25) is 0 Å². The average Bonchev–Trinajstić information content (AvgIpc) is 2.76. The predicted molar refractivity (Wildman–Crippen MR) is 104 cm³/mol. The van der Waals surface area contributed by atoms with Crippen LogP contribution in [0.3, 0.4) is 0 Å². The fourth-order valence-corrected chi connectivity index (χ4v) is 3.00. The second-order valence-electron chi connectivity index (χ2n) is 6.38. The molecule has 1 aromatic carbocycles. The van der Waals surface area contributed by atoms with Gasteiger partial charge < -0.3 is 14.8 Å². The van der Waals surface area contributed by atoms with E-state index in [0.717, 1.165) is 29.8 Å². The summed E-state index contributed by atoms with van der Waals surface area (Å²) in [5.74, 6) is 1.08. The highest BCUT2D eigenvalue weighted by molar-refractivity contribution is 5.65. The van der Waals surface area contributed by atoms with Crippen LogP contribution in [-0.4, -0.2) is 34.3 Å². The van der Waals surface area contributed by atoms with Gasteiger partial charge in [0.05, 0.1) is 24.5 Å². The van der Waals surface area contributed by atoms with Gasteiger partial charge in [-0.2, -0.15) is 5.26 Å². The lowest BCUT2D eigenvalue weighted by atomic mass is 10.1. The Morgan fingerprint density at radius 2 is 1.89 bits per heavy atom. The van der Waals surface area contributed by atoms with Gasteiger partial charge in [-0.3, -0.25) is 4.98 Å². The van der Waals surface area contributed by atoms with E-state index in [1.54, 1.807) is 24.7 Å². The molecule has 1 N–H and O–H groups in total. The van der Waals surface area contributed by atoms with Crippen molar-refractivity contribution in [3.63, 3.8) is 0 Å². The summed E-state index contributed by atoms with van der Waals surface area (Å²) in [6.45, 7) is 1.39. The molecule has 1 fully saturated rings. The highest BCUT2D eigenvalue weighted by Gasteiger charge is 2.17. The van der Waals surface area contributed by atoms with Crippen LogP contribution in [0.4, 0.5) is 11.6 Å². The highest BCUT2D eigenvalue weighted by Crippen LogP contribution is 2.28. The van der Waals surface area contributed by atoms with Crippen molar-refractivity contribution in [2.24, 2.45) is 0 Å². The largest absolute Gasteiger partial charge is 0.489 e. The van der Waals surface area contributed by atoms with E-state index in [-0.39, 0.29) is 6.10 Å². The summed E-state index contributed by atoms with van der Waals surface area (Å²) in [4.78, 5) is 12.8. The van der Waals surface area contributed by atoms with Crippen LogP contribution in [0.15, 0.2) is 55.0 Å². The normalized spacial score (nSPS) is 14.2. The van der Waals surface area contributed by atoms with Crippen LogP contribution >= 0.6 is 0 Å². The zero-order valence-electron chi connectivity index (χ0n) is 15.2. The second kappa shape index (κ2) is 8.46. The van der Waals surface area contributed by atoms with E-state index in [0.29, 0.717) is 30.5 Å². The fraction of sp³-hybridized carbons (Fsp3) is 0.238. The monoisotopic (exact) mass is 373 g/mol. The Labute approximate surface area is 163 Å². The van der Waals surface area contributed by atoms with Crippen LogP contribution in [0.1, 0.15) is 18.4 Å². The molecule has 0 spiro atoms. The lowest BCUT2D eigenvalue weighted by Crippen LogP contribution is -2.26. The Hall–Kier alpha value is -3.50. The molecule has 0 bridgehead atoms. The number of hydrogen-bond donors (Lipinski definition) is 1. The van der Waals surface area contributed by atoms with E-state index in [9.17, 15) is 5.26 Å². The van der Waals surface area contributed by atoms with Gasteiger partial charge in [0.15, 0.2) is 0 Å². The minimum absolute atomic E-state index is 0.0851. The van der Waals surface area contributed by atoms with Crippen LogP contribution < -0.4 is 10.1 Å². The molecule has 0 atom stereocenters. The Kier molecular flexibility index (Phi) is 5.41. The van der Waals surface area contributed by atoms with Crippen molar-refractivity contribution in [3.8, 4) is 23.1 Å². The van der Waals surface area contributed by atoms with Crippen molar-refractivity contribution >= 4 is 11.6 Å². The van der Waals surface area contributed by atoms with E-state index in [1.165, 1.54) is 0 Å². The first-order valence-corrected chi connectivity index (χ1v) is 9.11.